The van der Waals surface area contributed by atoms with Crippen LogP contribution in [-0.4, -0.2) is 33.0 Å². The molecule has 2 aliphatic rings. The highest BCUT2D eigenvalue weighted by molar-refractivity contribution is 8.16. The summed E-state index contributed by atoms with van der Waals surface area (Å²) in [6.45, 7) is 5.84. The van der Waals surface area contributed by atoms with Gasteiger partial charge in [0, 0.05) is 35.4 Å². The number of nitrogens with one attached hydrogen (secondary N) is 1. The van der Waals surface area contributed by atoms with Crippen LogP contribution in [0.1, 0.15) is 43.7 Å². The Labute approximate surface area is 209 Å². The van der Waals surface area contributed by atoms with Crippen molar-refractivity contribution in [1.29, 1.82) is 5.41 Å². The van der Waals surface area contributed by atoms with Gasteiger partial charge in [0.25, 0.3) is 5.91 Å². The number of fused-ring (bicyclic) bond motifs is 2. The number of thioether (sulfide) groups is 1. The highest BCUT2D eigenvalue weighted by atomic mass is 32.2. The second-order valence-electron chi connectivity index (χ2n) is 8.75. The minimum Gasteiger partial charge on any atom is -0.494 e. The Morgan fingerprint density at radius 3 is 2.77 bits per heavy atom. The normalized spacial score (nSPS) is 17.3. The van der Waals surface area contributed by atoms with E-state index in [-0.39, 0.29) is 11.7 Å². The lowest BCUT2D eigenvalue weighted by atomic mass is 9.99. The summed E-state index contributed by atoms with van der Waals surface area (Å²) < 4.78 is 8.17. The van der Waals surface area contributed by atoms with Gasteiger partial charge in [0.05, 0.1) is 12.2 Å². The highest BCUT2D eigenvalue weighted by Gasteiger charge is 2.31. The van der Waals surface area contributed by atoms with Gasteiger partial charge in [-0.1, -0.05) is 55.9 Å². The lowest BCUT2D eigenvalue weighted by Gasteiger charge is -2.22. The van der Waals surface area contributed by atoms with Gasteiger partial charge in [-0.2, -0.15) is 4.99 Å². The molecule has 0 saturated carbocycles. The van der Waals surface area contributed by atoms with E-state index in [1.807, 2.05) is 29.8 Å². The average Bonchev–Trinajstić information content (AvgIpc) is 3.49. The highest BCUT2D eigenvalue weighted by Crippen LogP contribution is 2.30. The van der Waals surface area contributed by atoms with Crippen LogP contribution in [0.5, 0.6) is 5.75 Å². The molecule has 1 aromatic heterocycles. The number of amides is 1. The van der Waals surface area contributed by atoms with Crippen molar-refractivity contribution in [2.75, 3.05) is 6.61 Å². The number of amidine groups is 2. The smallest absolute Gasteiger partial charge is 0.283 e. The molecule has 2 aliphatic heterocycles. The zero-order chi connectivity index (χ0) is 24.4. The fourth-order valence-corrected chi connectivity index (χ4v) is 5.02. The third kappa shape index (κ3) is 4.68. The van der Waals surface area contributed by atoms with Crippen LogP contribution in [0.25, 0.3) is 17.0 Å². The fraction of sp³-hybridized carbons (Fsp3) is 0.250. The van der Waals surface area contributed by atoms with Crippen LogP contribution >= 0.6 is 11.8 Å². The zero-order valence-electron chi connectivity index (χ0n) is 19.9. The molecule has 6 nitrogen and oxygen atoms in total. The molecule has 7 heteroatoms. The number of hydrogen-bond donors (Lipinski definition) is 1. The molecule has 0 bridgehead atoms. The number of carbonyl (C=O) groups is 1. The van der Waals surface area contributed by atoms with Crippen LogP contribution in [0.2, 0.25) is 0 Å². The van der Waals surface area contributed by atoms with E-state index in [0.29, 0.717) is 23.3 Å². The molecule has 1 unspecified atom stereocenters. The van der Waals surface area contributed by atoms with Crippen LogP contribution in [0.15, 0.2) is 76.9 Å². The molecule has 0 saturated heterocycles. The molecule has 0 spiro atoms. The summed E-state index contributed by atoms with van der Waals surface area (Å²) in [7, 11) is 0. The average molecular weight is 485 g/mol. The van der Waals surface area contributed by atoms with Gasteiger partial charge < -0.3 is 9.30 Å². The van der Waals surface area contributed by atoms with Crippen LogP contribution < -0.4 is 4.74 Å². The van der Waals surface area contributed by atoms with Crippen molar-refractivity contribution in [2.45, 2.75) is 39.2 Å². The summed E-state index contributed by atoms with van der Waals surface area (Å²) in [4.78, 5) is 18.4. The Morgan fingerprint density at radius 2 is 1.97 bits per heavy atom. The minimum atomic E-state index is -0.373. The van der Waals surface area contributed by atoms with Crippen LogP contribution in [0.3, 0.4) is 0 Å². The van der Waals surface area contributed by atoms with E-state index in [2.05, 4.69) is 53.7 Å². The number of aromatic nitrogens is 1. The van der Waals surface area contributed by atoms with Crippen molar-refractivity contribution in [3.63, 3.8) is 0 Å². The number of aryl methyl sites for hydroxylation is 1. The van der Waals surface area contributed by atoms with Crippen molar-refractivity contribution in [1.82, 2.24) is 9.47 Å². The Kier molecular flexibility index (Phi) is 6.59. The molecule has 0 radical (unpaired) electrons. The standard InChI is InChI=1S/C28H28N4O2S/c1-3-19(2)20-9-11-22(12-10-20)34-15-6-13-31-18-21(23-7-4-5-8-25(23)31)17-24-26(29)32-14-16-35-28(32)30-27(24)33/h4-5,7-12,14,16-19,29H,3,6,13,15H2,1-2H3. The number of rotatable bonds is 8. The molecule has 2 aromatic carbocycles. The summed E-state index contributed by atoms with van der Waals surface area (Å²) in [6, 6.07) is 16.5. The number of carbonyl (C=O) groups excluding carboxylic acids is 1. The summed E-state index contributed by atoms with van der Waals surface area (Å²) >= 11 is 1.35. The van der Waals surface area contributed by atoms with Gasteiger partial charge in [-0.3, -0.25) is 15.1 Å². The van der Waals surface area contributed by atoms with E-state index in [4.69, 9.17) is 10.1 Å². The maximum Gasteiger partial charge on any atom is 0.283 e. The molecule has 0 aliphatic carbocycles. The van der Waals surface area contributed by atoms with E-state index >= 15 is 0 Å². The van der Waals surface area contributed by atoms with E-state index in [1.165, 1.54) is 17.3 Å². The molecular weight excluding hydrogens is 456 g/mol. The van der Waals surface area contributed by atoms with Crippen molar-refractivity contribution in [2.24, 2.45) is 4.99 Å². The molecule has 3 heterocycles. The maximum absolute atomic E-state index is 12.6. The SMILES string of the molecule is CCC(C)c1ccc(OCCCn2cc(C=C3C(=N)N4C=CSC4=NC3=O)c3ccccc32)cc1. The molecule has 35 heavy (non-hydrogen) atoms. The summed E-state index contributed by atoms with van der Waals surface area (Å²) in [5.74, 6) is 1.23. The van der Waals surface area contributed by atoms with Gasteiger partial charge in [0.15, 0.2) is 5.17 Å². The first-order valence-electron chi connectivity index (χ1n) is 11.9. The van der Waals surface area contributed by atoms with Gasteiger partial charge >= 0.3 is 0 Å². The fourth-order valence-electron chi connectivity index (χ4n) is 4.32. The second-order valence-corrected chi connectivity index (χ2v) is 9.63. The Morgan fingerprint density at radius 1 is 1.17 bits per heavy atom. The van der Waals surface area contributed by atoms with Gasteiger partial charge in [0.2, 0.25) is 0 Å². The molecule has 1 atom stereocenters. The Bertz CT molecular complexity index is 1370. The minimum absolute atomic E-state index is 0.158. The van der Waals surface area contributed by atoms with Gasteiger partial charge in [0.1, 0.15) is 11.6 Å². The van der Waals surface area contributed by atoms with Crippen molar-refractivity contribution < 1.29 is 9.53 Å². The van der Waals surface area contributed by atoms with Crippen molar-refractivity contribution in [3.05, 3.63) is 83.0 Å². The van der Waals surface area contributed by atoms with E-state index in [9.17, 15) is 4.79 Å². The van der Waals surface area contributed by atoms with Crippen LogP contribution in [0, 0.1) is 5.41 Å². The van der Waals surface area contributed by atoms with Crippen LogP contribution in [-0.2, 0) is 11.3 Å². The molecule has 1 N–H and O–H groups in total. The predicted molar refractivity (Wildman–Crippen MR) is 144 cm³/mol. The topological polar surface area (TPSA) is 70.7 Å². The molecule has 178 valence electrons. The predicted octanol–water partition coefficient (Wildman–Crippen LogP) is 6.40. The number of hydrogen-bond acceptors (Lipinski definition) is 4. The second kappa shape index (κ2) is 9.96. The van der Waals surface area contributed by atoms with Crippen LogP contribution in [0.4, 0.5) is 0 Å². The molecule has 5 rings (SSSR count). The van der Waals surface area contributed by atoms with Gasteiger partial charge in [-0.05, 0) is 54.0 Å². The maximum atomic E-state index is 12.6. The number of benzene rings is 2. The first-order chi connectivity index (χ1) is 17.0. The van der Waals surface area contributed by atoms with Crippen molar-refractivity contribution in [3.8, 4) is 5.75 Å². The third-order valence-corrected chi connectivity index (χ3v) is 7.26. The molecule has 0 fully saturated rings. The largest absolute Gasteiger partial charge is 0.494 e. The third-order valence-electron chi connectivity index (χ3n) is 6.51. The molecule has 1 amide bonds. The Hall–Kier alpha value is -3.58. The first kappa shape index (κ1) is 23.2. The first-order valence-corrected chi connectivity index (χ1v) is 12.8. The quantitative estimate of drug-likeness (QED) is 0.297. The number of aliphatic imine (C=N–C) groups is 1. The summed E-state index contributed by atoms with van der Waals surface area (Å²) in [5.41, 5.74) is 3.64. The van der Waals surface area contributed by atoms with Crippen molar-refractivity contribution >= 4 is 45.7 Å². The number of ether oxygens (including phenoxy) is 1. The van der Waals surface area contributed by atoms with E-state index in [1.54, 1.807) is 17.2 Å². The molecular formula is C28H28N4O2S. The number of nitrogens with zero attached hydrogens (tertiary/aromatic N) is 3. The number of para-hydroxylation sites is 1. The lowest BCUT2D eigenvalue weighted by molar-refractivity contribution is -0.114. The summed E-state index contributed by atoms with van der Waals surface area (Å²) in [5, 5.41) is 11.9. The monoisotopic (exact) mass is 484 g/mol. The zero-order valence-corrected chi connectivity index (χ0v) is 20.7. The van der Waals surface area contributed by atoms with E-state index in [0.717, 1.165) is 41.6 Å². The van der Waals surface area contributed by atoms with Gasteiger partial charge in [-0.25, -0.2) is 0 Å². The summed E-state index contributed by atoms with van der Waals surface area (Å²) in [6.07, 6.45) is 7.58. The van der Waals surface area contributed by atoms with Gasteiger partial charge in [-0.15, -0.1) is 0 Å². The van der Waals surface area contributed by atoms with E-state index < -0.39 is 0 Å². The lowest BCUT2D eigenvalue weighted by Crippen LogP contribution is -2.35. The molecule has 3 aromatic rings. The Balaban J connectivity index is 1.30.